The molecular weight excluding hydrogens is 280 g/mol. The maximum absolute atomic E-state index is 10.8. The normalized spacial score (nSPS) is 33.2. The first-order chi connectivity index (χ1) is 10.6. The Labute approximate surface area is 131 Å². The summed E-state index contributed by atoms with van der Waals surface area (Å²) in [7, 11) is 0. The first kappa shape index (κ1) is 15.7. The highest BCUT2D eigenvalue weighted by Gasteiger charge is 2.66. The topological polar surface area (TPSA) is 58.9 Å². The standard InChI is InChI=1S/C18H24O4/c1-14-7-8-16-9-18(14,20)17(16,11-19)12-22-13-21-10-15-5-3-2-4-6-15/h2-7,16,19-20H,8-13H2,1H3/t16-,17+,18+/m0/s1. The van der Waals surface area contributed by atoms with Crippen molar-refractivity contribution in [2.24, 2.45) is 11.3 Å². The lowest BCUT2D eigenvalue weighted by Crippen LogP contribution is -2.69. The van der Waals surface area contributed by atoms with Crippen LogP contribution in [0.4, 0.5) is 0 Å². The second kappa shape index (κ2) is 6.13. The molecule has 22 heavy (non-hydrogen) atoms. The van der Waals surface area contributed by atoms with Crippen molar-refractivity contribution in [3.8, 4) is 0 Å². The Balaban J connectivity index is 1.50. The molecule has 2 bridgehead atoms. The van der Waals surface area contributed by atoms with E-state index in [2.05, 4.69) is 6.08 Å². The van der Waals surface area contributed by atoms with Crippen LogP contribution in [0, 0.1) is 11.3 Å². The van der Waals surface area contributed by atoms with Gasteiger partial charge in [0.1, 0.15) is 6.79 Å². The molecule has 120 valence electrons. The van der Waals surface area contributed by atoms with E-state index < -0.39 is 11.0 Å². The minimum Gasteiger partial charge on any atom is -0.396 e. The van der Waals surface area contributed by atoms with Gasteiger partial charge < -0.3 is 19.7 Å². The number of hydrogen-bond donors (Lipinski definition) is 2. The van der Waals surface area contributed by atoms with E-state index in [4.69, 9.17) is 9.47 Å². The minimum absolute atomic E-state index is 0.0575. The third kappa shape index (κ3) is 2.40. The quantitative estimate of drug-likeness (QED) is 0.461. The average molecular weight is 304 g/mol. The van der Waals surface area contributed by atoms with Gasteiger partial charge in [-0.2, -0.15) is 0 Å². The lowest BCUT2D eigenvalue weighted by atomic mass is 9.45. The predicted octanol–water partition coefficient (Wildman–Crippen LogP) is 2.26. The fraction of sp³-hybridized carbons (Fsp3) is 0.556. The summed E-state index contributed by atoms with van der Waals surface area (Å²) >= 11 is 0. The zero-order chi connectivity index (χ0) is 15.6. The van der Waals surface area contributed by atoms with Gasteiger partial charge in [-0.1, -0.05) is 36.4 Å². The number of allylic oxidation sites excluding steroid dienone is 1. The number of benzene rings is 1. The average Bonchev–Trinajstić information content (AvgIpc) is 2.54. The third-order valence-corrected chi connectivity index (χ3v) is 5.43. The number of rotatable bonds is 7. The molecular formula is C18H24O4. The zero-order valence-corrected chi connectivity index (χ0v) is 13.0. The van der Waals surface area contributed by atoms with Crippen LogP contribution >= 0.6 is 0 Å². The predicted molar refractivity (Wildman–Crippen MR) is 83.0 cm³/mol. The van der Waals surface area contributed by atoms with Crippen molar-refractivity contribution < 1.29 is 19.7 Å². The van der Waals surface area contributed by atoms with Gasteiger partial charge in [-0.05, 0) is 36.8 Å². The van der Waals surface area contributed by atoms with Crippen LogP contribution < -0.4 is 0 Å². The van der Waals surface area contributed by atoms with E-state index in [9.17, 15) is 10.2 Å². The van der Waals surface area contributed by atoms with E-state index >= 15 is 0 Å². The first-order valence-corrected chi connectivity index (χ1v) is 7.82. The molecule has 0 aromatic heterocycles. The van der Waals surface area contributed by atoms with Crippen LogP contribution in [0.5, 0.6) is 0 Å². The van der Waals surface area contributed by atoms with Crippen LogP contribution in [0.2, 0.25) is 0 Å². The highest BCUT2D eigenvalue weighted by molar-refractivity contribution is 5.33. The zero-order valence-electron chi connectivity index (χ0n) is 13.0. The Hall–Kier alpha value is -1.20. The van der Waals surface area contributed by atoms with Gasteiger partial charge in [0.15, 0.2) is 0 Å². The van der Waals surface area contributed by atoms with E-state index in [-0.39, 0.29) is 13.4 Å². The molecule has 3 atom stereocenters. The summed E-state index contributed by atoms with van der Waals surface area (Å²) in [6, 6.07) is 9.92. The van der Waals surface area contributed by atoms with Crippen LogP contribution in [-0.2, 0) is 16.1 Å². The number of ether oxygens (including phenoxy) is 2. The number of aliphatic hydroxyl groups excluding tert-OH is 1. The van der Waals surface area contributed by atoms with Crippen molar-refractivity contribution in [2.45, 2.75) is 32.0 Å². The maximum atomic E-state index is 10.8. The Morgan fingerprint density at radius 2 is 2.00 bits per heavy atom. The molecule has 0 saturated heterocycles. The molecule has 1 aromatic carbocycles. The molecule has 1 fully saturated rings. The van der Waals surface area contributed by atoms with Crippen LogP contribution in [0.1, 0.15) is 25.3 Å². The summed E-state index contributed by atoms with van der Waals surface area (Å²) in [5.41, 5.74) is 0.574. The fourth-order valence-electron chi connectivity index (χ4n) is 3.87. The van der Waals surface area contributed by atoms with Gasteiger partial charge in [-0.15, -0.1) is 0 Å². The lowest BCUT2D eigenvalue weighted by Gasteiger charge is -2.63. The van der Waals surface area contributed by atoms with Crippen LogP contribution in [-0.4, -0.2) is 35.8 Å². The van der Waals surface area contributed by atoms with Gasteiger partial charge in [0.25, 0.3) is 0 Å². The largest absolute Gasteiger partial charge is 0.396 e. The second-order valence-corrected chi connectivity index (χ2v) is 6.50. The molecule has 4 heteroatoms. The van der Waals surface area contributed by atoms with Crippen molar-refractivity contribution in [1.29, 1.82) is 0 Å². The SMILES string of the molecule is CC1=CC[C@H]2C[C@]1(O)[C@]2(CO)COCOCc1ccccc1. The Morgan fingerprint density at radius 1 is 1.23 bits per heavy atom. The summed E-state index contributed by atoms with van der Waals surface area (Å²) in [6.07, 6.45) is 3.71. The molecule has 1 saturated carbocycles. The van der Waals surface area contributed by atoms with Gasteiger partial charge in [0.2, 0.25) is 0 Å². The van der Waals surface area contributed by atoms with Gasteiger partial charge >= 0.3 is 0 Å². The van der Waals surface area contributed by atoms with Crippen LogP contribution in [0.25, 0.3) is 0 Å². The van der Waals surface area contributed by atoms with Crippen molar-refractivity contribution >= 4 is 0 Å². The molecule has 0 spiro atoms. The number of aliphatic hydroxyl groups is 2. The Morgan fingerprint density at radius 3 is 2.68 bits per heavy atom. The van der Waals surface area contributed by atoms with Crippen LogP contribution in [0.15, 0.2) is 42.0 Å². The summed E-state index contributed by atoms with van der Waals surface area (Å²) in [4.78, 5) is 0. The van der Waals surface area contributed by atoms with E-state index in [1.807, 2.05) is 37.3 Å². The molecule has 0 heterocycles. The van der Waals surface area contributed by atoms with E-state index in [1.165, 1.54) is 0 Å². The van der Waals surface area contributed by atoms with Crippen molar-refractivity contribution in [3.63, 3.8) is 0 Å². The summed E-state index contributed by atoms with van der Waals surface area (Å²) in [5.74, 6) is 0.292. The van der Waals surface area contributed by atoms with E-state index in [0.29, 0.717) is 19.1 Å². The van der Waals surface area contributed by atoms with Crippen molar-refractivity contribution in [1.82, 2.24) is 0 Å². The second-order valence-electron chi connectivity index (χ2n) is 6.50. The lowest BCUT2D eigenvalue weighted by molar-refractivity contribution is -0.247. The fourth-order valence-corrected chi connectivity index (χ4v) is 3.87. The maximum Gasteiger partial charge on any atom is 0.147 e. The van der Waals surface area contributed by atoms with Crippen LogP contribution in [0.3, 0.4) is 0 Å². The summed E-state index contributed by atoms with van der Waals surface area (Å²) in [5, 5.41) is 20.7. The molecule has 3 aliphatic rings. The summed E-state index contributed by atoms with van der Waals surface area (Å²) in [6.45, 7) is 2.87. The smallest absolute Gasteiger partial charge is 0.147 e. The Kier molecular flexibility index (Phi) is 4.37. The molecule has 4 rings (SSSR count). The molecule has 0 aliphatic heterocycles. The molecule has 4 nitrogen and oxygen atoms in total. The minimum atomic E-state index is -0.913. The molecule has 2 N–H and O–H groups in total. The van der Waals surface area contributed by atoms with Crippen molar-refractivity contribution in [2.75, 3.05) is 20.0 Å². The van der Waals surface area contributed by atoms with Crippen molar-refractivity contribution in [3.05, 3.63) is 47.5 Å². The van der Waals surface area contributed by atoms with Gasteiger partial charge in [-0.3, -0.25) is 0 Å². The Bertz CT molecular complexity index is 541. The van der Waals surface area contributed by atoms with Gasteiger partial charge in [0.05, 0.1) is 30.8 Å². The first-order valence-electron chi connectivity index (χ1n) is 7.82. The highest BCUT2D eigenvalue weighted by atomic mass is 16.7. The number of hydrogen-bond acceptors (Lipinski definition) is 4. The summed E-state index contributed by atoms with van der Waals surface area (Å²) < 4.78 is 11.1. The molecule has 3 aliphatic carbocycles. The molecule has 1 aromatic rings. The molecule has 0 unspecified atom stereocenters. The third-order valence-electron chi connectivity index (χ3n) is 5.43. The molecule has 0 radical (unpaired) electrons. The van der Waals surface area contributed by atoms with E-state index in [1.54, 1.807) is 0 Å². The monoisotopic (exact) mass is 304 g/mol. The number of fused-ring (bicyclic) bond motifs is 1. The van der Waals surface area contributed by atoms with Gasteiger partial charge in [0, 0.05) is 0 Å². The highest BCUT2D eigenvalue weighted by Crippen LogP contribution is 2.62. The molecule has 0 amide bonds. The van der Waals surface area contributed by atoms with Gasteiger partial charge in [-0.25, -0.2) is 0 Å². The van der Waals surface area contributed by atoms with E-state index in [0.717, 1.165) is 24.0 Å².